The number of hydrogen-bond acceptors (Lipinski definition) is 3. The molecule has 0 saturated carbocycles. The van der Waals surface area contributed by atoms with Crippen LogP contribution in [0, 0.1) is 6.92 Å². The molecule has 3 heterocycles. The molecule has 3 nitrogen and oxygen atoms in total. The van der Waals surface area contributed by atoms with Gasteiger partial charge in [-0.1, -0.05) is 11.6 Å². The first-order chi connectivity index (χ1) is 12.8. The molecule has 4 rings (SSSR count). The van der Waals surface area contributed by atoms with Crippen molar-refractivity contribution in [3.8, 4) is 16.3 Å². The molecule has 0 radical (unpaired) electrons. The fraction of sp³-hybridized carbons (Fsp3) is 0.316. The van der Waals surface area contributed by atoms with Crippen molar-refractivity contribution in [2.45, 2.75) is 32.4 Å². The molecule has 1 aromatic carbocycles. The molecule has 27 heavy (non-hydrogen) atoms. The summed E-state index contributed by atoms with van der Waals surface area (Å²) in [6, 6.07) is 5.38. The van der Waals surface area contributed by atoms with Crippen LogP contribution >= 0.6 is 22.9 Å². The van der Waals surface area contributed by atoms with Crippen LogP contribution in [0.2, 0.25) is 5.02 Å². The van der Waals surface area contributed by atoms with E-state index in [0.29, 0.717) is 0 Å². The van der Waals surface area contributed by atoms with E-state index in [1.807, 2.05) is 12.3 Å². The van der Waals surface area contributed by atoms with E-state index >= 15 is 0 Å². The number of aromatic nitrogens is 2. The molecule has 1 aliphatic rings. The van der Waals surface area contributed by atoms with Crippen molar-refractivity contribution in [3.63, 3.8) is 0 Å². The molecule has 1 aliphatic heterocycles. The lowest BCUT2D eigenvalue weighted by atomic mass is 10.1. The molecular formula is C19H17ClF3N3S. The fourth-order valence-corrected chi connectivity index (χ4v) is 4.39. The van der Waals surface area contributed by atoms with Crippen LogP contribution in [0.1, 0.15) is 29.5 Å². The standard InChI is InChI=1S/C19H17ClF3N3S/c1-11-8-16(27-10-11)17-13-4-2-3-7-24-18(13)26(25-17)15-9-12(19(21,22)23)5-6-14(15)20/h5-6,8-10,24H,2-4,7H2,1H3. The van der Waals surface area contributed by atoms with E-state index in [1.165, 1.54) is 10.7 Å². The number of nitrogens with one attached hydrogen (secondary N) is 1. The van der Waals surface area contributed by atoms with E-state index in [0.717, 1.165) is 65.5 Å². The largest absolute Gasteiger partial charge is 0.416 e. The Morgan fingerprint density at radius 2 is 2.04 bits per heavy atom. The zero-order valence-electron chi connectivity index (χ0n) is 14.5. The zero-order chi connectivity index (χ0) is 19.2. The quantitative estimate of drug-likeness (QED) is 0.534. The summed E-state index contributed by atoms with van der Waals surface area (Å²) < 4.78 is 41.1. The number of thiophene rings is 1. The molecule has 2 aromatic heterocycles. The van der Waals surface area contributed by atoms with E-state index in [2.05, 4.69) is 16.5 Å². The number of halogens is 4. The van der Waals surface area contributed by atoms with Crippen LogP contribution in [-0.4, -0.2) is 16.3 Å². The minimum absolute atomic E-state index is 0.230. The summed E-state index contributed by atoms with van der Waals surface area (Å²) in [6.07, 6.45) is -1.62. The summed E-state index contributed by atoms with van der Waals surface area (Å²) in [5.41, 5.74) is 2.47. The van der Waals surface area contributed by atoms with Crippen molar-refractivity contribution >= 4 is 28.8 Å². The third-order valence-corrected chi connectivity index (χ3v) is 5.97. The van der Waals surface area contributed by atoms with Crippen LogP contribution in [0.4, 0.5) is 19.0 Å². The van der Waals surface area contributed by atoms with Gasteiger partial charge in [0.15, 0.2) is 0 Å². The summed E-state index contributed by atoms with van der Waals surface area (Å²) in [7, 11) is 0. The van der Waals surface area contributed by atoms with Gasteiger partial charge in [-0.3, -0.25) is 0 Å². The monoisotopic (exact) mass is 411 g/mol. The highest BCUT2D eigenvalue weighted by molar-refractivity contribution is 7.13. The number of anilines is 1. The lowest BCUT2D eigenvalue weighted by molar-refractivity contribution is -0.137. The van der Waals surface area contributed by atoms with Crippen LogP contribution < -0.4 is 5.32 Å². The maximum absolute atomic E-state index is 13.2. The molecule has 0 atom stereocenters. The highest BCUT2D eigenvalue weighted by Crippen LogP contribution is 2.39. The second-order valence-corrected chi connectivity index (χ2v) is 7.94. The van der Waals surface area contributed by atoms with Crippen molar-refractivity contribution in [3.05, 3.63) is 51.4 Å². The Balaban J connectivity index is 1.93. The predicted octanol–water partition coefficient (Wildman–Crippen LogP) is 6.33. The Hall–Kier alpha value is -1.99. The Labute approximate surface area is 163 Å². The SMILES string of the molecule is Cc1csc(-c2nn(-c3cc(C(F)(F)F)ccc3Cl)c3c2CCCCN3)c1. The lowest BCUT2D eigenvalue weighted by Crippen LogP contribution is -2.10. The Morgan fingerprint density at radius 3 is 2.74 bits per heavy atom. The minimum Gasteiger partial charge on any atom is -0.370 e. The summed E-state index contributed by atoms with van der Waals surface area (Å²) in [4.78, 5) is 1.01. The van der Waals surface area contributed by atoms with Gasteiger partial charge in [-0.25, -0.2) is 4.68 Å². The number of fused-ring (bicyclic) bond motifs is 1. The second-order valence-electron chi connectivity index (χ2n) is 6.62. The van der Waals surface area contributed by atoms with Gasteiger partial charge in [0.05, 0.1) is 21.2 Å². The number of aryl methyl sites for hydroxylation is 1. The van der Waals surface area contributed by atoms with E-state index in [1.54, 1.807) is 11.3 Å². The van der Waals surface area contributed by atoms with Crippen molar-refractivity contribution in [1.29, 1.82) is 0 Å². The van der Waals surface area contributed by atoms with Crippen LogP contribution in [0.25, 0.3) is 16.3 Å². The van der Waals surface area contributed by atoms with Crippen LogP contribution in [-0.2, 0) is 12.6 Å². The first-order valence-electron chi connectivity index (χ1n) is 8.63. The predicted molar refractivity (Wildman–Crippen MR) is 103 cm³/mol. The number of hydrogen-bond donors (Lipinski definition) is 1. The molecule has 0 bridgehead atoms. The lowest BCUT2D eigenvalue weighted by Gasteiger charge is -2.13. The molecule has 0 spiro atoms. The summed E-state index contributed by atoms with van der Waals surface area (Å²) >= 11 is 7.86. The molecular weight excluding hydrogens is 395 g/mol. The molecule has 0 fully saturated rings. The normalized spacial score (nSPS) is 14.6. The van der Waals surface area contributed by atoms with Crippen molar-refractivity contribution < 1.29 is 13.2 Å². The second kappa shape index (κ2) is 6.87. The highest BCUT2D eigenvalue weighted by atomic mass is 35.5. The van der Waals surface area contributed by atoms with Crippen molar-refractivity contribution in [2.75, 3.05) is 11.9 Å². The van der Waals surface area contributed by atoms with E-state index in [-0.39, 0.29) is 10.7 Å². The molecule has 0 amide bonds. The van der Waals surface area contributed by atoms with E-state index in [9.17, 15) is 13.2 Å². The Morgan fingerprint density at radius 1 is 1.22 bits per heavy atom. The van der Waals surface area contributed by atoms with Crippen LogP contribution in [0.15, 0.2) is 29.6 Å². The zero-order valence-corrected chi connectivity index (χ0v) is 16.1. The van der Waals surface area contributed by atoms with Gasteiger partial charge >= 0.3 is 6.18 Å². The maximum atomic E-state index is 13.2. The average molecular weight is 412 g/mol. The fourth-order valence-electron chi connectivity index (χ4n) is 3.28. The van der Waals surface area contributed by atoms with Gasteiger partial charge in [0.1, 0.15) is 11.5 Å². The van der Waals surface area contributed by atoms with Gasteiger partial charge in [0.25, 0.3) is 0 Å². The van der Waals surface area contributed by atoms with E-state index < -0.39 is 11.7 Å². The summed E-state index contributed by atoms with van der Waals surface area (Å²) in [5, 5.41) is 10.3. The van der Waals surface area contributed by atoms with Gasteiger partial charge in [0.2, 0.25) is 0 Å². The maximum Gasteiger partial charge on any atom is 0.416 e. The topological polar surface area (TPSA) is 29.9 Å². The van der Waals surface area contributed by atoms with Gasteiger partial charge in [-0.05, 0) is 61.4 Å². The van der Waals surface area contributed by atoms with Crippen LogP contribution in [0.5, 0.6) is 0 Å². The van der Waals surface area contributed by atoms with E-state index in [4.69, 9.17) is 11.6 Å². The van der Waals surface area contributed by atoms with Gasteiger partial charge < -0.3 is 5.32 Å². The van der Waals surface area contributed by atoms with Gasteiger partial charge in [-0.15, -0.1) is 11.3 Å². The van der Waals surface area contributed by atoms with Gasteiger partial charge in [0, 0.05) is 12.1 Å². The number of alkyl halides is 3. The molecule has 0 unspecified atom stereocenters. The molecule has 8 heteroatoms. The Bertz CT molecular complexity index is 991. The smallest absolute Gasteiger partial charge is 0.370 e. The highest BCUT2D eigenvalue weighted by Gasteiger charge is 2.32. The molecule has 0 aliphatic carbocycles. The van der Waals surface area contributed by atoms with Gasteiger partial charge in [-0.2, -0.15) is 18.3 Å². The molecule has 1 N–H and O–H groups in total. The minimum atomic E-state index is -4.44. The summed E-state index contributed by atoms with van der Waals surface area (Å²) in [5.74, 6) is 0.731. The third-order valence-electron chi connectivity index (χ3n) is 4.60. The first-order valence-corrected chi connectivity index (χ1v) is 9.89. The molecule has 0 saturated heterocycles. The summed E-state index contributed by atoms with van der Waals surface area (Å²) in [6.45, 7) is 2.76. The Kier molecular flexibility index (Phi) is 4.68. The molecule has 3 aromatic rings. The number of nitrogens with zero attached hydrogens (tertiary/aromatic N) is 2. The average Bonchev–Trinajstić information content (AvgIpc) is 3.09. The van der Waals surface area contributed by atoms with Crippen molar-refractivity contribution in [2.24, 2.45) is 0 Å². The van der Waals surface area contributed by atoms with Crippen molar-refractivity contribution in [1.82, 2.24) is 9.78 Å². The van der Waals surface area contributed by atoms with Crippen LogP contribution in [0.3, 0.4) is 0 Å². The number of rotatable bonds is 2. The number of benzene rings is 1. The molecule has 142 valence electrons. The third kappa shape index (κ3) is 3.46. The first kappa shape index (κ1) is 18.4.